The number of hydrogen-bond acceptors (Lipinski definition) is 7. The van der Waals surface area contributed by atoms with Gasteiger partial charge >= 0.3 is 0 Å². The van der Waals surface area contributed by atoms with Crippen molar-refractivity contribution >= 4 is 11.8 Å². The fourth-order valence-electron chi connectivity index (χ4n) is 2.94. The Balaban J connectivity index is 1.80. The molecule has 2 aromatic heterocycles. The molecule has 1 atom stereocenters. The van der Waals surface area contributed by atoms with Gasteiger partial charge in [0.15, 0.2) is 0 Å². The Morgan fingerprint density at radius 3 is 2.83 bits per heavy atom. The molecule has 0 saturated carbocycles. The highest BCUT2D eigenvalue weighted by Gasteiger charge is 2.20. The van der Waals surface area contributed by atoms with E-state index in [2.05, 4.69) is 20.3 Å². The third kappa shape index (κ3) is 3.56. The molecule has 7 nitrogen and oxygen atoms in total. The van der Waals surface area contributed by atoms with E-state index < -0.39 is 0 Å². The van der Waals surface area contributed by atoms with Crippen molar-refractivity contribution in [2.24, 2.45) is 0 Å². The highest BCUT2D eigenvalue weighted by Crippen LogP contribution is 2.26. The molecule has 0 spiro atoms. The summed E-state index contributed by atoms with van der Waals surface area (Å²) in [6.45, 7) is 6.00. The highest BCUT2D eigenvalue weighted by molar-refractivity contribution is 5.45. The molecular formula is C17H23N5O2. The van der Waals surface area contributed by atoms with Crippen LogP contribution < -0.4 is 15.8 Å². The van der Waals surface area contributed by atoms with Crippen molar-refractivity contribution in [3.8, 4) is 5.88 Å². The number of nitrogens with two attached hydrogens (primary N) is 1. The number of rotatable bonds is 5. The second-order valence-electron chi connectivity index (χ2n) is 6.02. The zero-order valence-electron chi connectivity index (χ0n) is 14.3. The maximum Gasteiger partial charge on any atom is 0.222 e. The number of ether oxygens (including phenoxy) is 2. The molecule has 1 fully saturated rings. The molecule has 1 saturated heterocycles. The molecule has 24 heavy (non-hydrogen) atoms. The summed E-state index contributed by atoms with van der Waals surface area (Å²) in [5.74, 6) is 1.89. The third-order valence-electron chi connectivity index (χ3n) is 4.19. The average Bonchev–Trinajstić information content (AvgIpc) is 3.07. The number of pyridine rings is 1. The van der Waals surface area contributed by atoms with E-state index in [1.54, 1.807) is 7.11 Å². The van der Waals surface area contributed by atoms with Crippen molar-refractivity contribution in [3.63, 3.8) is 0 Å². The van der Waals surface area contributed by atoms with Gasteiger partial charge in [-0.1, -0.05) is 0 Å². The summed E-state index contributed by atoms with van der Waals surface area (Å²) in [5.41, 5.74) is 9.85. The van der Waals surface area contributed by atoms with Gasteiger partial charge in [0.05, 0.1) is 19.4 Å². The molecule has 0 aliphatic carbocycles. The van der Waals surface area contributed by atoms with Crippen LogP contribution >= 0.6 is 0 Å². The molecular weight excluding hydrogens is 306 g/mol. The monoisotopic (exact) mass is 329 g/mol. The van der Waals surface area contributed by atoms with E-state index in [1.807, 2.05) is 26.0 Å². The van der Waals surface area contributed by atoms with Gasteiger partial charge in [-0.25, -0.2) is 9.97 Å². The molecule has 0 radical (unpaired) electrons. The Labute approximate surface area is 141 Å². The number of nitrogen functional groups attached to an aromatic ring is 1. The first-order chi connectivity index (χ1) is 11.6. The van der Waals surface area contributed by atoms with Crippen molar-refractivity contribution in [3.05, 3.63) is 34.6 Å². The number of hydrogen-bond donors (Lipinski definition) is 2. The van der Waals surface area contributed by atoms with Gasteiger partial charge in [0.25, 0.3) is 0 Å². The van der Waals surface area contributed by atoms with Crippen LogP contribution in [0.25, 0.3) is 0 Å². The van der Waals surface area contributed by atoms with E-state index in [0.717, 1.165) is 35.5 Å². The van der Waals surface area contributed by atoms with Gasteiger partial charge in [0.1, 0.15) is 5.82 Å². The summed E-state index contributed by atoms with van der Waals surface area (Å²) >= 11 is 0. The van der Waals surface area contributed by atoms with Crippen molar-refractivity contribution in [2.45, 2.75) is 32.7 Å². The van der Waals surface area contributed by atoms with Crippen molar-refractivity contribution in [1.82, 2.24) is 15.0 Å². The summed E-state index contributed by atoms with van der Waals surface area (Å²) in [7, 11) is 1.63. The van der Waals surface area contributed by atoms with E-state index in [-0.39, 0.29) is 11.9 Å². The Morgan fingerprint density at radius 2 is 2.12 bits per heavy atom. The summed E-state index contributed by atoms with van der Waals surface area (Å²) < 4.78 is 10.8. The van der Waals surface area contributed by atoms with Crippen LogP contribution in [0.2, 0.25) is 0 Å². The van der Waals surface area contributed by atoms with Crippen molar-refractivity contribution in [1.29, 1.82) is 0 Å². The lowest BCUT2D eigenvalue weighted by Crippen LogP contribution is -2.11. The maximum atomic E-state index is 5.86. The molecule has 7 heteroatoms. The standard InChI is InChI=1S/C17H23N5O2/c1-10-6-11(2)20-16(23-3)13(10)8-19-15-7-14(21-17(18)22-15)12-4-5-24-9-12/h6-7,12H,4-5,8-9H2,1-3H3,(H3,18,19,21,22)/t12-/m0/s1. The Kier molecular flexibility index (Phi) is 4.80. The number of nitrogens with zero attached hydrogens (tertiary/aromatic N) is 3. The number of aryl methyl sites for hydroxylation is 2. The third-order valence-corrected chi connectivity index (χ3v) is 4.19. The minimum absolute atomic E-state index is 0.271. The molecule has 0 aromatic carbocycles. The normalized spacial score (nSPS) is 17.0. The fraction of sp³-hybridized carbons (Fsp3) is 0.471. The van der Waals surface area contributed by atoms with Gasteiger partial charge in [-0.15, -0.1) is 0 Å². The Morgan fingerprint density at radius 1 is 1.29 bits per heavy atom. The maximum absolute atomic E-state index is 5.86. The highest BCUT2D eigenvalue weighted by atomic mass is 16.5. The molecule has 0 amide bonds. The van der Waals surface area contributed by atoms with E-state index >= 15 is 0 Å². The molecule has 1 aliphatic rings. The van der Waals surface area contributed by atoms with Crippen LogP contribution in [0.15, 0.2) is 12.1 Å². The van der Waals surface area contributed by atoms with Crippen LogP contribution in [0.3, 0.4) is 0 Å². The predicted molar refractivity (Wildman–Crippen MR) is 92.2 cm³/mol. The largest absolute Gasteiger partial charge is 0.481 e. The zero-order valence-corrected chi connectivity index (χ0v) is 14.3. The van der Waals surface area contributed by atoms with E-state index in [0.29, 0.717) is 24.8 Å². The summed E-state index contributed by atoms with van der Waals surface area (Å²) in [6.07, 6.45) is 0.963. The first-order valence-corrected chi connectivity index (χ1v) is 8.04. The molecule has 0 unspecified atom stereocenters. The van der Waals surface area contributed by atoms with Crippen LogP contribution in [0.5, 0.6) is 5.88 Å². The van der Waals surface area contributed by atoms with Crippen LogP contribution in [-0.4, -0.2) is 35.3 Å². The van der Waals surface area contributed by atoms with E-state index in [4.69, 9.17) is 15.2 Å². The van der Waals surface area contributed by atoms with Gasteiger partial charge in [-0.05, 0) is 31.9 Å². The smallest absolute Gasteiger partial charge is 0.222 e. The number of methoxy groups -OCH3 is 1. The second kappa shape index (κ2) is 7.00. The molecule has 3 heterocycles. The van der Waals surface area contributed by atoms with Crippen LogP contribution in [0.4, 0.5) is 11.8 Å². The molecule has 3 N–H and O–H groups in total. The molecule has 0 bridgehead atoms. The van der Waals surface area contributed by atoms with E-state index in [9.17, 15) is 0 Å². The van der Waals surface area contributed by atoms with Gasteiger partial charge in [0, 0.05) is 36.4 Å². The summed E-state index contributed by atoms with van der Waals surface area (Å²) in [5, 5.41) is 3.31. The molecule has 1 aliphatic heterocycles. The fourth-order valence-corrected chi connectivity index (χ4v) is 2.94. The van der Waals surface area contributed by atoms with Gasteiger partial charge in [0.2, 0.25) is 11.8 Å². The van der Waals surface area contributed by atoms with Crippen LogP contribution in [0, 0.1) is 13.8 Å². The number of aromatic nitrogens is 3. The quantitative estimate of drug-likeness (QED) is 0.868. The van der Waals surface area contributed by atoms with Crippen LogP contribution in [-0.2, 0) is 11.3 Å². The zero-order chi connectivity index (χ0) is 17.1. The molecule has 2 aromatic rings. The lowest BCUT2D eigenvalue weighted by Gasteiger charge is -2.14. The van der Waals surface area contributed by atoms with Gasteiger partial charge in [-0.2, -0.15) is 4.98 Å². The van der Waals surface area contributed by atoms with Crippen molar-refractivity contribution < 1.29 is 9.47 Å². The molecule has 3 rings (SSSR count). The van der Waals surface area contributed by atoms with Gasteiger partial charge < -0.3 is 20.5 Å². The topological polar surface area (TPSA) is 95.2 Å². The Hall–Kier alpha value is -2.41. The number of nitrogens with one attached hydrogen (secondary N) is 1. The number of anilines is 2. The first-order valence-electron chi connectivity index (χ1n) is 8.04. The second-order valence-corrected chi connectivity index (χ2v) is 6.02. The average molecular weight is 329 g/mol. The van der Waals surface area contributed by atoms with E-state index in [1.165, 1.54) is 0 Å². The van der Waals surface area contributed by atoms with Crippen LogP contribution in [0.1, 0.15) is 34.9 Å². The molecule has 128 valence electrons. The minimum Gasteiger partial charge on any atom is -0.481 e. The Bertz CT molecular complexity index is 729. The van der Waals surface area contributed by atoms with Crippen molar-refractivity contribution in [2.75, 3.05) is 31.4 Å². The lowest BCUT2D eigenvalue weighted by atomic mass is 10.0. The minimum atomic E-state index is 0.271. The SMILES string of the molecule is COc1nc(C)cc(C)c1CNc1cc([C@H]2CCOC2)nc(N)n1. The summed E-state index contributed by atoms with van der Waals surface area (Å²) in [6, 6.07) is 3.98. The first kappa shape index (κ1) is 16.4. The summed E-state index contributed by atoms with van der Waals surface area (Å²) in [4.78, 5) is 13.0. The predicted octanol–water partition coefficient (Wildman–Crippen LogP) is 2.20. The lowest BCUT2D eigenvalue weighted by molar-refractivity contribution is 0.193. The van der Waals surface area contributed by atoms with Gasteiger partial charge in [-0.3, -0.25) is 0 Å².